The lowest BCUT2D eigenvalue weighted by Gasteiger charge is -2.14. The number of halogens is 5. The van der Waals surface area contributed by atoms with Crippen molar-refractivity contribution in [3.63, 3.8) is 0 Å². The van der Waals surface area contributed by atoms with Crippen LogP contribution in [-0.4, -0.2) is 48.4 Å². The second kappa shape index (κ2) is 11.1. The maximum absolute atomic E-state index is 13.5. The Hall–Kier alpha value is -3.47. The predicted molar refractivity (Wildman–Crippen MR) is 119 cm³/mol. The number of benzene rings is 2. The van der Waals surface area contributed by atoms with Crippen LogP contribution in [0.1, 0.15) is 12.0 Å². The number of aromatic nitrogens is 2. The minimum atomic E-state index is -4.82. The van der Waals surface area contributed by atoms with E-state index in [-0.39, 0.29) is 18.2 Å². The smallest absolute Gasteiger partial charge is 0.406 e. The molecule has 6 nitrogen and oxygen atoms in total. The lowest BCUT2D eigenvalue weighted by Crippen LogP contribution is -2.17. The quantitative estimate of drug-likeness (QED) is 0.303. The van der Waals surface area contributed by atoms with Crippen LogP contribution in [0.5, 0.6) is 5.75 Å². The first kappa shape index (κ1) is 25.2. The highest BCUT2D eigenvalue weighted by Gasteiger charge is 2.31. The number of anilines is 2. The van der Waals surface area contributed by atoms with E-state index in [4.69, 9.17) is 0 Å². The molecule has 3 rings (SSSR count). The maximum atomic E-state index is 13.5. The molecule has 0 radical (unpaired) electrons. The Kier molecular flexibility index (Phi) is 8.21. The third-order valence-electron chi connectivity index (χ3n) is 4.61. The lowest BCUT2D eigenvalue weighted by molar-refractivity contribution is -0.274. The average Bonchev–Trinajstić information content (AvgIpc) is 2.76. The number of ether oxygens (including phenoxy) is 1. The number of hydrogen-bond donors (Lipinski definition) is 2. The molecule has 0 bridgehead atoms. The van der Waals surface area contributed by atoms with Crippen molar-refractivity contribution in [2.24, 2.45) is 0 Å². The first-order valence-corrected chi connectivity index (χ1v) is 10.4. The summed E-state index contributed by atoms with van der Waals surface area (Å²) in [6.07, 6.45) is -4.01. The highest BCUT2D eigenvalue weighted by Crippen LogP contribution is 2.28. The number of alkyl halides is 3. The molecular formula is C23H24F5N5O. The van der Waals surface area contributed by atoms with Crippen LogP contribution in [0.4, 0.5) is 33.7 Å². The first-order chi connectivity index (χ1) is 16.1. The molecule has 0 aliphatic rings. The van der Waals surface area contributed by atoms with Crippen molar-refractivity contribution >= 4 is 11.8 Å². The van der Waals surface area contributed by atoms with Crippen molar-refractivity contribution in [1.29, 1.82) is 0 Å². The van der Waals surface area contributed by atoms with Crippen molar-refractivity contribution in [2.45, 2.75) is 19.3 Å². The van der Waals surface area contributed by atoms with Crippen molar-refractivity contribution in [1.82, 2.24) is 14.9 Å². The minimum absolute atomic E-state index is 0.144. The fourth-order valence-electron chi connectivity index (χ4n) is 3.05. The Morgan fingerprint density at radius 2 is 1.74 bits per heavy atom. The van der Waals surface area contributed by atoms with Crippen LogP contribution in [0.25, 0.3) is 11.3 Å². The Bertz CT molecular complexity index is 1110. The van der Waals surface area contributed by atoms with Crippen molar-refractivity contribution < 1.29 is 26.7 Å². The third kappa shape index (κ3) is 7.84. The Balaban J connectivity index is 1.84. The molecule has 2 aromatic carbocycles. The van der Waals surface area contributed by atoms with E-state index in [1.54, 1.807) is 12.1 Å². The highest BCUT2D eigenvalue weighted by atomic mass is 19.4. The van der Waals surface area contributed by atoms with Gasteiger partial charge in [-0.05, 0) is 56.9 Å². The number of hydrogen-bond acceptors (Lipinski definition) is 6. The van der Waals surface area contributed by atoms with E-state index in [9.17, 15) is 22.0 Å². The molecule has 0 atom stereocenters. The van der Waals surface area contributed by atoms with Gasteiger partial charge in [0.15, 0.2) is 11.6 Å². The molecule has 182 valence electrons. The summed E-state index contributed by atoms with van der Waals surface area (Å²) in [7, 11) is 3.90. The third-order valence-corrected chi connectivity index (χ3v) is 4.61. The van der Waals surface area contributed by atoms with E-state index in [1.807, 2.05) is 19.0 Å². The monoisotopic (exact) mass is 481 g/mol. The van der Waals surface area contributed by atoms with Gasteiger partial charge in [0.05, 0.1) is 5.69 Å². The second-order valence-electron chi connectivity index (χ2n) is 7.72. The summed E-state index contributed by atoms with van der Waals surface area (Å²) >= 11 is 0. The van der Waals surface area contributed by atoms with Crippen molar-refractivity contribution in [3.8, 4) is 17.0 Å². The number of nitrogens with zero attached hydrogens (tertiary/aromatic N) is 3. The van der Waals surface area contributed by atoms with Crippen LogP contribution in [0.15, 0.2) is 48.5 Å². The molecule has 0 aliphatic carbocycles. The largest absolute Gasteiger partial charge is 0.573 e. The fourth-order valence-corrected chi connectivity index (χ4v) is 3.05. The molecule has 0 unspecified atom stereocenters. The van der Waals surface area contributed by atoms with Crippen molar-refractivity contribution in [3.05, 3.63) is 65.7 Å². The van der Waals surface area contributed by atoms with Gasteiger partial charge in [0.25, 0.3) is 0 Å². The van der Waals surface area contributed by atoms with Gasteiger partial charge in [0.1, 0.15) is 11.6 Å². The molecule has 2 N–H and O–H groups in total. The van der Waals surface area contributed by atoms with Crippen molar-refractivity contribution in [2.75, 3.05) is 37.8 Å². The summed E-state index contributed by atoms with van der Waals surface area (Å²) in [6.45, 7) is 1.55. The van der Waals surface area contributed by atoms with E-state index >= 15 is 0 Å². The number of nitrogens with one attached hydrogen (secondary N) is 2. The summed E-state index contributed by atoms with van der Waals surface area (Å²) in [5.74, 6) is -1.66. The molecule has 11 heteroatoms. The van der Waals surface area contributed by atoms with E-state index in [0.29, 0.717) is 29.2 Å². The zero-order chi connectivity index (χ0) is 24.7. The standard InChI is InChI=1S/C23H24F5N5O/c1-33(2)10-4-9-29-22-31-20(16-5-3-6-17(12-16)34-23(26,27)28)13-21(32-22)30-14-15-7-8-18(24)19(25)11-15/h3,5-8,11-13H,4,9-10,14H2,1-2H3,(H2,29,30,31,32). The number of rotatable bonds is 10. The van der Waals surface area contributed by atoms with Gasteiger partial charge in [-0.25, -0.2) is 13.8 Å². The topological polar surface area (TPSA) is 62.3 Å². The van der Waals surface area contributed by atoms with Gasteiger partial charge in [0, 0.05) is 24.7 Å². The molecule has 1 aromatic heterocycles. The molecule has 0 aliphatic heterocycles. The summed E-state index contributed by atoms with van der Waals surface area (Å²) in [4.78, 5) is 10.8. The molecule has 34 heavy (non-hydrogen) atoms. The Morgan fingerprint density at radius 1 is 0.941 bits per heavy atom. The molecule has 0 saturated carbocycles. The molecule has 3 aromatic rings. The molecule has 0 saturated heterocycles. The summed E-state index contributed by atoms with van der Waals surface area (Å²) in [6, 6.07) is 10.5. The van der Waals surface area contributed by atoms with Gasteiger partial charge in [-0.15, -0.1) is 13.2 Å². The average molecular weight is 481 g/mol. The highest BCUT2D eigenvalue weighted by molar-refractivity contribution is 5.66. The van der Waals surface area contributed by atoms with Crippen LogP contribution in [0.3, 0.4) is 0 Å². The minimum Gasteiger partial charge on any atom is -0.406 e. The Labute approximate surface area is 193 Å². The molecule has 0 fully saturated rings. The van der Waals surface area contributed by atoms with E-state index in [0.717, 1.165) is 25.1 Å². The zero-order valence-corrected chi connectivity index (χ0v) is 18.6. The molecule has 0 spiro atoms. The van der Waals surface area contributed by atoms with E-state index < -0.39 is 18.0 Å². The predicted octanol–water partition coefficient (Wildman–Crippen LogP) is 5.30. The summed E-state index contributed by atoms with van der Waals surface area (Å²) in [5.41, 5.74) is 1.22. The first-order valence-electron chi connectivity index (χ1n) is 10.4. The lowest BCUT2D eigenvalue weighted by atomic mass is 10.1. The van der Waals surface area contributed by atoms with Crippen LogP contribution < -0.4 is 15.4 Å². The second-order valence-corrected chi connectivity index (χ2v) is 7.72. The van der Waals surface area contributed by atoms with Crippen LogP contribution >= 0.6 is 0 Å². The van der Waals surface area contributed by atoms with E-state index in [2.05, 4.69) is 25.3 Å². The zero-order valence-electron chi connectivity index (χ0n) is 18.6. The van der Waals surface area contributed by atoms with Gasteiger partial charge in [-0.3, -0.25) is 0 Å². The summed E-state index contributed by atoms with van der Waals surface area (Å²) < 4.78 is 68.6. The van der Waals surface area contributed by atoms with Gasteiger partial charge < -0.3 is 20.3 Å². The van der Waals surface area contributed by atoms with Crippen LogP contribution in [-0.2, 0) is 6.54 Å². The maximum Gasteiger partial charge on any atom is 0.573 e. The van der Waals surface area contributed by atoms with Gasteiger partial charge in [-0.2, -0.15) is 4.98 Å². The molecular weight excluding hydrogens is 457 g/mol. The van der Waals surface area contributed by atoms with E-state index in [1.165, 1.54) is 24.3 Å². The SMILES string of the molecule is CN(C)CCCNc1nc(NCc2ccc(F)c(F)c2)cc(-c2cccc(OC(F)(F)F)c2)n1. The molecule has 0 amide bonds. The van der Waals surface area contributed by atoms with Gasteiger partial charge in [0.2, 0.25) is 5.95 Å². The van der Waals surface area contributed by atoms with Gasteiger partial charge in [-0.1, -0.05) is 18.2 Å². The molecule has 1 heterocycles. The summed E-state index contributed by atoms with van der Waals surface area (Å²) in [5, 5.41) is 6.13. The normalized spacial score (nSPS) is 11.5. The van der Waals surface area contributed by atoms with Crippen LogP contribution in [0.2, 0.25) is 0 Å². The van der Waals surface area contributed by atoms with Gasteiger partial charge >= 0.3 is 6.36 Å². The fraction of sp³-hybridized carbons (Fsp3) is 0.304. The van der Waals surface area contributed by atoms with Crippen LogP contribution in [0, 0.1) is 11.6 Å². The Morgan fingerprint density at radius 3 is 2.44 bits per heavy atom.